The van der Waals surface area contributed by atoms with E-state index in [0.29, 0.717) is 5.92 Å². The fourth-order valence-corrected chi connectivity index (χ4v) is 4.06. The summed E-state index contributed by atoms with van der Waals surface area (Å²) in [7, 11) is 1.91. The number of benzene rings is 1. The van der Waals surface area contributed by atoms with E-state index in [1.165, 1.54) is 5.56 Å². The van der Waals surface area contributed by atoms with Gasteiger partial charge in [-0.25, -0.2) is 0 Å². The van der Waals surface area contributed by atoms with Gasteiger partial charge in [-0.05, 0) is 42.2 Å². The maximum Gasteiger partial charge on any atom is 0.226 e. The molecule has 1 aliphatic carbocycles. The minimum atomic E-state index is -0.428. The van der Waals surface area contributed by atoms with Crippen molar-refractivity contribution in [2.24, 2.45) is 18.9 Å². The normalized spacial score (nSPS) is 25.0. The standard InChI is InChI=1S/C20H25N3O2/c1-22-13-16(12-21-22)17-11-18(17)20(25)23-9-7-15(8-10-23)19(24)14-5-3-2-4-6-14/h2-6,12-13,15,17-19,24H,7-11H2,1H3/t17-,18-,19-/m0/s1. The smallest absolute Gasteiger partial charge is 0.226 e. The van der Waals surface area contributed by atoms with Crippen molar-refractivity contribution in [3.8, 4) is 0 Å². The summed E-state index contributed by atoms with van der Waals surface area (Å²) in [6.45, 7) is 1.51. The van der Waals surface area contributed by atoms with Crippen LogP contribution in [0, 0.1) is 11.8 Å². The van der Waals surface area contributed by atoms with Crippen LogP contribution in [-0.2, 0) is 11.8 Å². The molecule has 1 N–H and O–H groups in total. The first-order valence-corrected chi connectivity index (χ1v) is 9.14. The summed E-state index contributed by atoms with van der Waals surface area (Å²) < 4.78 is 1.80. The average Bonchev–Trinajstić information content (AvgIpc) is 3.35. The van der Waals surface area contributed by atoms with Gasteiger partial charge in [-0.2, -0.15) is 5.10 Å². The van der Waals surface area contributed by atoms with Crippen LogP contribution in [0.15, 0.2) is 42.7 Å². The van der Waals surface area contributed by atoms with Gasteiger partial charge < -0.3 is 10.0 Å². The Hall–Kier alpha value is -2.14. The highest BCUT2D eigenvalue weighted by Gasteiger charge is 2.46. The summed E-state index contributed by atoms with van der Waals surface area (Å²) >= 11 is 0. The lowest BCUT2D eigenvalue weighted by atomic mass is 9.87. The van der Waals surface area contributed by atoms with Crippen LogP contribution in [-0.4, -0.2) is 38.8 Å². The van der Waals surface area contributed by atoms with Crippen LogP contribution >= 0.6 is 0 Å². The summed E-state index contributed by atoms with van der Waals surface area (Å²) in [5, 5.41) is 14.8. The van der Waals surface area contributed by atoms with Gasteiger partial charge in [0, 0.05) is 32.3 Å². The molecule has 1 amide bonds. The van der Waals surface area contributed by atoms with Crippen LogP contribution in [0.2, 0.25) is 0 Å². The van der Waals surface area contributed by atoms with Gasteiger partial charge in [0.2, 0.25) is 5.91 Å². The molecule has 1 aromatic carbocycles. The summed E-state index contributed by atoms with van der Waals surface area (Å²) in [6.07, 6.45) is 6.14. The van der Waals surface area contributed by atoms with Crippen LogP contribution in [0.3, 0.4) is 0 Å². The first-order chi connectivity index (χ1) is 12.1. The number of likely N-dealkylation sites (tertiary alicyclic amines) is 1. The van der Waals surface area contributed by atoms with Crippen LogP contribution in [0.4, 0.5) is 0 Å². The summed E-state index contributed by atoms with van der Waals surface area (Å²) in [5.41, 5.74) is 2.15. The van der Waals surface area contributed by atoms with E-state index >= 15 is 0 Å². The highest BCUT2D eigenvalue weighted by atomic mass is 16.3. The topological polar surface area (TPSA) is 58.4 Å². The van der Waals surface area contributed by atoms with Gasteiger partial charge in [0.15, 0.2) is 0 Å². The van der Waals surface area contributed by atoms with E-state index in [0.717, 1.165) is 37.9 Å². The summed E-state index contributed by atoms with van der Waals surface area (Å²) in [5.74, 6) is 0.981. The third-order valence-corrected chi connectivity index (χ3v) is 5.70. The van der Waals surface area contributed by atoms with Crippen molar-refractivity contribution in [2.75, 3.05) is 13.1 Å². The number of nitrogens with zero attached hydrogens (tertiary/aromatic N) is 3. The van der Waals surface area contributed by atoms with Gasteiger partial charge in [0.05, 0.1) is 12.3 Å². The van der Waals surface area contributed by atoms with Gasteiger partial charge in [-0.1, -0.05) is 30.3 Å². The largest absolute Gasteiger partial charge is 0.388 e. The lowest BCUT2D eigenvalue weighted by Gasteiger charge is -2.34. The van der Waals surface area contributed by atoms with Crippen LogP contribution in [0.1, 0.15) is 42.4 Å². The molecule has 25 heavy (non-hydrogen) atoms. The first-order valence-electron chi connectivity index (χ1n) is 9.14. The van der Waals surface area contributed by atoms with E-state index in [9.17, 15) is 9.90 Å². The lowest BCUT2D eigenvalue weighted by Crippen LogP contribution is -2.40. The number of aromatic nitrogens is 2. The molecule has 1 saturated carbocycles. The molecule has 1 saturated heterocycles. The van der Waals surface area contributed by atoms with Crippen LogP contribution in [0.5, 0.6) is 0 Å². The van der Waals surface area contributed by atoms with Crippen molar-refractivity contribution in [2.45, 2.75) is 31.3 Å². The summed E-state index contributed by atoms with van der Waals surface area (Å²) in [6, 6.07) is 9.84. The second-order valence-electron chi connectivity index (χ2n) is 7.41. The maximum absolute atomic E-state index is 12.7. The number of piperidine rings is 1. The number of amides is 1. The van der Waals surface area contributed by atoms with E-state index in [1.54, 1.807) is 4.68 Å². The Morgan fingerprint density at radius 3 is 2.60 bits per heavy atom. The number of carbonyl (C=O) groups is 1. The molecule has 1 aliphatic heterocycles. The molecule has 5 heteroatoms. The van der Waals surface area contributed by atoms with Gasteiger partial charge in [-0.3, -0.25) is 9.48 Å². The molecule has 5 nitrogen and oxygen atoms in total. The SMILES string of the molecule is Cn1cc([C@@H]2C[C@@H]2C(=O)N2CCC([C@@H](O)c3ccccc3)CC2)cn1. The molecule has 2 aliphatic rings. The molecule has 2 aromatic rings. The van der Waals surface area contributed by atoms with Gasteiger partial charge in [-0.15, -0.1) is 0 Å². The van der Waals surface area contributed by atoms with E-state index in [1.807, 2.05) is 54.7 Å². The Morgan fingerprint density at radius 1 is 1.24 bits per heavy atom. The molecule has 1 aromatic heterocycles. The molecular weight excluding hydrogens is 314 g/mol. The Morgan fingerprint density at radius 2 is 1.96 bits per heavy atom. The Labute approximate surface area is 148 Å². The molecule has 0 bridgehead atoms. The highest BCUT2D eigenvalue weighted by molar-refractivity contribution is 5.83. The van der Waals surface area contributed by atoms with E-state index in [4.69, 9.17) is 0 Å². The molecular formula is C20H25N3O2. The molecule has 3 atom stereocenters. The molecule has 2 fully saturated rings. The number of aryl methyl sites for hydroxylation is 1. The lowest BCUT2D eigenvalue weighted by molar-refractivity contribution is -0.134. The third-order valence-electron chi connectivity index (χ3n) is 5.70. The zero-order valence-corrected chi connectivity index (χ0v) is 14.6. The van der Waals surface area contributed by atoms with E-state index in [-0.39, 0.29) is 17.7 Å². The van der Waals surface area contributed by atoms with Gasteiger partial charge in [0.1, 0.15) is 0 Å². The van der Waals surface area contributed by atoms with Crippen LogP contribution < -0.4 is 0 Å². The predicted molar refractivity (Wildman–Crippen MR) is 94.8 cm³/mol. The fraction of sp³-hybridized carbons (Fsp3) is 0.500. The second kappa shape index (κ2) is 6.64. The maximum atomic E-state index is 12.7. The van der Waals surface area contributed by atoms with Crippen molar-refractivity contribution in [3.05, 3.63) is 53.9 Å². The van der Waals surface area contributed by atoms with E-state index < -0.39 is 6.10 Å². The third kappa shape index (κ3) is 3.33. The molecule has 2 heterocycles. The van der Waals surface area contributed by atoms with Crippen molar-refractivity contribution < 1.29 is 9.90 Å². The molecule has 132 valence electrons. The summed E-state index contributed by atoms with van der Waals surface area (Å²) in [4.78, 5) is 14.7. The zero-order valence-electron chi connectivity index (χ0n) is 14.6. The molecule has 0 unspecified atom stereocenters. The minimum Gasteiger partial charge on any atom is -0.388 e. The fourth-order valence-electron chi connectivity index (χ4n) is 4.06. The number of aliphatic hydroxyl groups excluding tert-OH is 1. The Balaban J connectivity index is 1.31. The molecule has 0 radical (unpaired) electrons. The predicted octanol–water partition coefficient (Wildman–Crippen LogP) is 2.50. The van der Waals surface area contributed by atoms with Gasteiger partial charge >= 0.3 is 0 Å². The van der Waals surface area contributed by atoms with Crippen LogP contribution in [0.25, 0.3) is 0 Å². The quantitative estimate of drug-likeness (QED) is 0.931. The zero-order chi connectivity index (χ0) is 17.4. The Kier molecular flexibility index (Phi) is 4.34. The monoisotopic (exact) mass is 339 g/mol. The van der Waals surface area contributed by atoms with Crippen molar-refractivity contribution >= 4 is 5.91 Å². The van der Waals surface area contributed by atoms with Crippen molar-refractivity contribution in [3.63, 3.8) is 0 Å². The second-order valence-corrected chi connectivity index (χ2v) is 7.41. The molecule has 0 spiro atoms. The number of carbonyl (C=O) groups excluding carboxylic acids is 1. The van der Waals surface area contributed by atoms with Crippen molar-refractivity contribution in [1.82, 2.24) is 14.7 Å². The van der Waals surface area contributed by atoms with Crippen molar-refractivity contribution in [1.29, 1.82) is 0 Å². The Bertz CT molecular complexity index is 734. The first kappa shape index (κ1) is 16.3. The number of hydrogen-bond acceptors (Lipinski definition) is 3. The minimum absolute atomic E-state index is 0.125. The average molecular weight is 339 g/mol. The number of rotatable bonds is 4. The van der Waals surface area contributed by atoms with Gasteiger partial charge in [0.25, 0.3) is 0 Å². The van der Waals surface area contributed by atoms with E-state index in [2.05, 4.69) is 5.10 Å². The number of hydrogen-bond donors (Lipinski definition) is 1. The number of aliphatic hydroxyl groups is 1. The highest BCUT2D eigenvalue weighted by Crippen LogP contribution is 2.48. The molecule has 4 rings (SSSR count).